The minimum atomic E-state index is 0.556. The van der Waals surface area contributed by atoms with Crippen molar-refractivity contribution in [2.75, 3.05) is 32.7 Å². The molecule has 2 aromatic rings. The van der Waals surface area contributed by atoms with Gasteiger partial charge in [0, 0.05) is 57.8 Å². The lowest BCUT2D eigenvalue weighted by Gasteiger charge is -2.37. The molecule has 0 amide bonds. The van der Waals surface area contributed by atoms with E-state index < -0.39 is 0 Å². The molecule has 4 rings (SSSR count). The van der Waals surface area contributed by atoms with Gasteiger partial charge in [0.25, 0.3) is 0 Å². The minimum Gasteiger partial charge on any atom is -0.361 e. The fourth-order valence-corrected chi connectivity index (χ4v) is 4.33. The van der Waals surface area contributed by atoms with E-state index in [1.54, 1.807) is 0 Å². The highest BCUT2D eigenvalue weighted by Crippen LogP contribution is 2.18. The van der Waals surface area contributed by atoms with Gasteiger partial charge in [-0.1, -0.05) is 24.9 Å². The summed E-state index contributed by atoms with van der Waals surface area (Å²) >= 11 is 0. The van der Waals surface area contributed by atoms with Crippen LogP contribution in [0.3, 0.4) is 0 Å². The van der Waals surface area contributed by atoms with Crippen molar-refractivity contribution in [2.45, 2.75) is 65.1 Å². The highest BCUT2D eigenvalue weighted by atomic mass is 16.5. The highest BCUT2D eigenvalue weighted by Gasteiger charge is 2.23. The van der Waals surface area contributed by atoms with Crippen LogP contribution in [-0.2, 0) is 19.5 Å². The molecule has 0 spiro atoms. The Hall–Kier alpha value is -2.42. The van der Waals surface area contributed by atoms with Gasteiger partial charge in [0.05, 0.1) is 12.2 Å². The first-order valence-electron chi connectivity index (χ1n) is 11.3. The zero-order valence-corrected chi connectivity index (χ0v) is 18.3. The minimum absolute atomic E-state index is 0.556. The molecule has 2 aliphatic rings. The zero-order chi connectivity index (χ0) is 20.8. The highest BCUT2D eigenvalue weighted by molar-refractivity contribution is 5.80. The van der Waals surface area contributed by atoms with Gasteiger partial charge in [-0.25, -0.2) is 0 Å². The van der Waals surface area contributed by atoms with E-state index in [9.17, 15) is 0 Å². The smallest absolute Gasteiger partial charge is 0.194 e. The number of aromatic nitrogens is 4. The van der Waals surface area contributed by atoms with Crippen molar-refractivity contribution in [1.29, 1.82) is 0 Å². The average molecular weight is 415 g/mol. The Morgan fingerprint density at radius 2 is 2.03 bits per heavy atom. The molecule has 0 bridgehead atoms. The van der Waals surface area contributed by atoms with Crippen LogP contribution in [0.4, 0.5) is 0 Å². The molecule has 3 heterocycles. The zero-order valence-electron chi connectivity index (χ0n) is 18.3. The molecule has 9 heteroatoms. The molecule has 30 heavy (non-hydrogen) atoms. The van der Waals surface area contributed by atoms with Gasteiger partial charge in [0.2, 0.25) is 0 Å². The second-order valence-electron chi connectivity index (χ2n) is 8.32. The monoisotopic (exact) mass is 414 g/mol. The van der Waals surface area contributed by atoms with Crippen LogP contribution in [0.15, 0.2) is 21.9 Å². The number of hydrogen-bond acceptors (Lipinski definition) is 6. The lowest BCUT2D eigenvalue weighted by molar-refractivity contribution is 0.168. The maximum atomic E-state index is 5.20. The van der Waals surface area contributed by atoms with Crippen LogP contribution in [0.1, 0.15) is 49.9 Å². The van der Waals surface area contributed by atoms with Gasteiger partial charge in [0.1, 0.15) is 17.9 Å². The Bertz CT molecular complexity index is 815. The normalized spacial score (nSPS) is 19.0. The van der Waals surface area contributed by atoms with Gasteiger partial charge in [-0.3, -0.25) is 9.89 Å². The van der Waals surface area contributed by atoms with E-state index in [0.717, 1.165) is 75.5 Å². The van der Waals surface area contributed by atoms with E-state index in [4.69, 9.17) is 9.52 Å². The third-order valence-corrected chi connectivity index (χ3v) is 6.04. The molecule has 1 aliphatic heterocycles. The Kier molecular flexibility index (Phi) is 6.99. The second kappa shape index (κ2) is 10.1. The number of nitrogens with one attached hydrogen (secondary N) is 1. The van der Waals surface area contributed by atoms with E-state index in [2.05, 4.69) is 42.0 Å². The Labute approximate surface area is 178 Å². The van der Waals surface area contributed by atoms with E-state index in [0.29, 0.717) is 6.04 Å². The first kappa shape index (κ1) is 20.8. The predicted octanol–water partition coefficient (Wildman–Crippen LogP) is 1.84. The van der Waals surface area contributed by atoms with Gasteiger partial charge in [0.15, 0.2) is 5.96 Å². The second-order valence-corrected chi connectivity index (χ2v) is 8.32. The molecular weight excluding hydrogens is 380 g/mol. The van der Waals surface area contributed by atoms with Gasteiger partial charge in [-0.15, -0.1) is 10.2 Å². The van der Waals surface area contributed by atoms with Crippen molar-refractivity contribution < 1.29 is 4.52 Å². The molecule has 0 radical (unpaired) electrons. The molecule has 1 saturated heterocycles. The van der Waals surface area contributed by atoms with Crippen LogP contribution in [-0.4, -0.2) is 74.4 Å². The number of rotatable bonds is 7. The summed E-state index contributed by atoms with van der Waals surface area (Å²) in [6.07, 6.45) is 7.82. The molecule has 0 unspecified atom stereocenters. The summed E-state index contributed by atoms with van der Waals surface area (Å²) in [6.45, 7) is 10.4. The fourth-order valence-electron chi connectivity index (χ4n) is 4.33. The van der Waals surface area contributed by atoms with Crippen molar-refractivity contribution in [1.82, 2.24) is 35.0 Å². The Morgan fingerprint density at radius 3 is 2.73 bits per heavy atom. The summed E-state index contributed by atoms with van der Waals surface area (Å²) in [4.78, 5) is 9.83. The molecule has 1 aliphatic carbocycles. The predicted molar refractivity (Wildman–Crippen MR) is 115 cm³/mol. The van der Waals surface area contributed by atoms with Crippen molar-refractivity contribution >= 4 is 5.96 Å². The molecular formula is C21H34N8O. The lowest BCUT2D eigenvalue weighted by atomic mass is 10.2. The van der Waals surface area contributed by atoms with Crippen LogP contribution >= 0.6 is 0 Å². The standard InChI is InChI=1S/C21H34N8O/c1-3-20-25-23-16-29(20)9-8-22-21(24-18-6-4-5-7-18)28-12-10-27(11-13-28)15-19-14-17(2)30-26-19/h14,16,18H,3-13,15H2,1-2H3,(H,22,24). The summed E-state index contributed by atoms with van der Waals surface area (Å²) in [6, 6.07) is 2.58. The quantitative estimate of drug-likeness (QED) is 0.546. The average Bonchev–Trinajstić information content (AvgIpc) is 3.51. The number of aliphatic imine (C=N–C) groups is 1. The number of piperazine rings is 1. The molecule has 9 nitrogen and oxygen atoms in total. The van der Waals surface area contributed by atoms with Crippen molar-refractivity contribution in [3.63, 3.8) is 0 Å². The van der Waals surface area contributed by atoms with Crippen LogP contribution in [0.2, 0.25) is 0 Å². The summed E-state index contributed by atoms with van der Waals surface area (Å²) in [5.74, 6) is 2.95. The van der Waals surface area contributed by atoms with Crippen LogP contribution in [0, 0.1) is 6.92 Å². The van der Waals surface area contributed by atoms with E-state index in [1.165, 1.54) is 25.7 Å². The molecule has 0 atom stereocenters. The van der Waals surface area contributed by atoms with Crippen LogP contribution < -0.4 is 5.32 Å². The third kappa shape index (κ3) is 5.38. The molecule has 164 valence electrons. The Balaban J connectivity index is 1.34. The number of aryl methyl sites for hydroxylation is 2. The van der Waals surface area contributed by atoms with Gasteiger partial charge in [-0.2, -0.15) is 0 Å². The van der Waals surface area contributed by atoms with Gasteiger partial charge < -0.3 is 19.3 Å². The maximum Gasteiger partial charge on any atom is 0.194 e. The summed E-state index contributed by atoms with van der Waals surface area (Å²) < 4.78 is 7.31. The molecule has 1 N–H and O–H groups in total. The third-order valence-electron chi connectivity index (χ3n) is 6.04. The van der Waals surface area contributed by atoms with Gasteiger partial charge >= 0.3 is 0 Å². The van der Waals surface area contributed by atoms with Crippen molar-refractivity contribution in [2.24, 2.45) is 4.99 Å². The number of hydrogen-bond donors (Lipinski definition) is 1. The van der Waals surface area contributed by atoms with Crippen LogP contribution in [0.5, 0.6) is 0 Å². The van der Waals surface area contributed by atoms with E-state index in [1.807, 2.05) is 19.3 Å². The topological polar surface area (TPSA) is 87.6 Å². The van der Waals surface area contributed by atoms with Gasteiger partial charge in [-0.05, 0) is 19.8 Å². The first-order chi connectivity index (χ1) is 14.7. The summed E-state index contributed by atoms with van der Waals surface area (Å²) in [5.41, 5.74) is 1.01. The number of guanidine groups is 1. The molecule has 1 saturated carbocycles. The lowest BCUT2D eigenvalue weighted by Crippen LogP contribution is -2.53. The largest absolute Gasteiger partial charge is 0.361 e. The molecule has 0 aromatic carbocycles. The van der Waals surface area contributed by atoms with Crippen molar-refractivity contribution in [3.05, 3.63) is 29.7 Å². The fraction of sp³-hybridized carbons (Fsp3) is 0.714. The van der Waals surface area contributed by atoms with E-state index >= 15 is 0 Å². The SMILES string of the molecule is CCc1nncn1CCN=C(NC1CCCC1)N1CCN(Cc2cc(C)on2)CC1. The maximum absolute atomic E-state index is 5.20. The summed E-state index contributed by atoms with van der Waals surface area (Å²) in [7, 11) is 0. The Morgan fingerprint density at radius 1 is 1.23 bits per heavy atom. The number of nitrogens with zero attached hydrogens (tertiary/aromatic N) is 7. The molecule has 2 fully saturated rings. The van der Waals surface area contributed by atoms with Crippen LogP contribution in [0.25, 0.3) is 0 Å². The van der Waals surface area contributed by atoms with Crippen molar-refractivity contribution in [3.8, 4) is 0 Å². The van der Waals surface area contributed by atoms with E-state index in [-0.39, 0.29) is 0 Å². The first-order valence-corrected chi connectivity index (χ1v) is 11.3. The molecule has 2 aromatic heterocycles. The summed E-state index contributed by atoms with van der Waals surface area (Å²) in [5, 5.41) is 16.1.